The number of nitrogens with zero attached hydrogens (tertiary/aromatic N) is 1. The van der Waals surface area contributed by atoms with Gasteiger partial charge in [0.25, 0.3) is 5.91 Å². The molecule has 1 aliphatic heterocycles. The first-order chi connectivity index (χ1) is 16.5. The van der Waals surface area contributed by atoms with E-state index in [4.69, 9.17) is 9.47 Å². The van der Waals surface area contributed by atoms with Crippen molar-refractivity contribution in [2.45, 2.75) is 45.4 Å². The van der Waals surface area contributed by atoms with E-state index in [1.54, 1.807) is 18.9 Å². The normalized spacial score (nSPS) is 16.1. The number of fused-ring (bicyclic) bond motifs is 1. The van der Waals surface area contributed by atoms with Crippen LogP contribution >= 0.6 is 0 Å². The molecule has 0 aromatic heterocycles. The number of rotatable bonds is 7. The highest BCUT2D eigenvalue weighted by atomic mass is 16.5. The largest absolute Gasteiger partial charge is 0.497 e. The molecule has 34 heavy (non-hydrogen) atoms. The van der Waals surface area contributed by atoms with Crippen molar-refractivity contribution in [3.8, 4) is 11.5 Å². The van der Waals surface area contributed by atoms with Crippen LogP contribution < -0.4 is 14.8 Å². The van der Waals surface area contributed by atoms with Gasteiger partial charge in [0.2, 0.25) is 5.91 Å². The van der Waals surface area contributed by atoms with E-state index in [0.717, 1.165) is 22.4 Å². The van der Waals surface area contributed by atoms with Gasteiger partial charge in [-0.15, -0.1) is 0 Å². The molecular formula is C28H30N2O4. The zero-order chi connectivity index (χ0) is 24.1. The van der Waals surface area contributed by atoms with E-state index in [0.29, 0.717) is 30.9 Å². The van der Waals surface area contributed by atoms with Crippen LogP contribution in [0.3, 0.4) is 0 Å². The minimum absolute atomic E-state index is 0.0547. The molecule has 6 nitrogen and oxygen atoms in total. The van der Waals surface area contributed by atoms with Crippen LogP contribution in [0.4, 0.5) is 5.69 Å². The lowest BCUT2D eigenvalue weighted by Crippen LogP contribution is -2.37. The quantitative estimate of drug-likeness (QED) is 0.533. The zero-order valence-corrected chi connectivity index (χ0v) is 19.8. The topological polar surface area (TPSA) is 67.9 Å². The van der Waals surface area contributed by atoms with Crippen LogP contribution in [0.5, 0.6) is 11.5 Å². The molecule has 3 aromatic carbocycles. The number of carbonyl (C=O) groups is 2. The van der Waals surface area contributed by atoms with Gasteiger partial charge in [0, 0.05) is 24.3 Å². The zero-order valence-electron chi connectivity index (χ0n) is 19.8. The molecule has 0 saturated carbocycles. The molecule has 0 radical (unpaired) electrons. The monoisotopic (exact) mass is 458 g/mol. The lowest BCUT2D eigenvalue weighted by atomic mass is 9.95. The van der Waals surface area contributed by atoms with Gasteiger partial charge in [0.05, 0.1) is 13.0 Å². The third-order valence-corrected chi connectivity index (χ3v) is 6.09. The molecule has 176 valence electrons. The van der Waals surface area contributed by atoms with Crippen LogP contribution in [0.25, 0.3) is 0 Å². The first-order valence-electron chi connectivity index (χ1n) is 11.6. The van der Waals surface area contributed by atoms with Gasteiger partial charge in [0.15, 0.2) is 6.10 Å². The highest BCUT2D eigenvalue weighted by molar-refractivity contribution is 5.96. The Morgan fingerprint density at radius 1 is 1.12 bits per heavy atom. The van der Waals surface area contributed by atoms with Gasteiger partial charge in [-0.05, 0) is 54.8 Å². The van der Waals surface area contributed by atoms with Crippen molar-refractivity contribution in [2.24, 2.45) is 0 Å². The number of nitrogens with one attached hydrogen (secondary N) is 1. The van der Waals surface area contributed by atoms with Crippen LogP contribution in [0.2, 0.25) is 0 Å². The maximum absolute atomic E-state index is 13.0. The van der Waals surface area contributed by atoms with E-state index in [-0.39, 0.29) is 17.7 Å². The third kappa shape index (κ3) is 5.22. The lowest BCUT2D eigenvalue weighted by Gasteiger charge is -2.22. The number of hydrogen-bond acceptors (Lipinski definition) is 4. The highest BCUT2D eigenvalue weighted by Crippen LogP contribution is 2.30. The molecular weight excluding hydrogens is 428 g/mol. The van der Waals surface area contributed by atoms with Crippen LogP contribution in [-0.4, -0.2) is 29.9 Å². The van der Waals surface area contributed by atoms with E-state index < -0.39 is 6.10 Å². The molecule has 1 heterocycles. The first-order valence-corrected chi connectivity index (χ1v) is 11.6. The molecule has 0 saturated heterocycles. The van der Waals surface area contributed by atoms with Crippen molar-refractivity contribution in [2.75, 3.05) is 12.4 Å². The number of carbonyl (C=O) groups excluding carboxylic acids is 2. The molecule has 1 aliphatic rings. The van der Waals surface area contributed by atoms with E-state index in [2.05, 4.69) is 5.32 Å². The van der Waals surface area contributed by atoms with Crippen molar-refractivity contribution < 1.29 is 19.1 Å². The van der Waals surface area contributed by atoms with Crippen molar-refractivity contribution in [3.63, 3.8) is 0 Å². The SMILES string of the molecule is CC[C@@H](C(=O)Nc1ccc2c(c1)CN(Cc1cccc(OC)c1)C(=O)[C@@H](C)O2)c1ccccc1. The van der Waals surface area contributed by atoms with Crippen molar-refractivity contribution >= 4 is 17.5 Å². The van der Waals surface area contributed by atoms with E-state index >= 15 is 0 Å². The number of methoxy groups -OCH3 is 1. The maximum atomic E-state index is 13.0. The number of ether oxygens (including phenoxy) is 2. The molecule has 2 atom stereocenters. The molecule has 0 fully saturated rings. The Morgan fingerprint density at radius 2 is 1.91 bits per heavy atom. The van der Waals surface area contributed by atoms with Crippen molar-refractivity contribution in [3.05, 3.63) is 89.5 Å². The highest BCUT2D eigenvalue weighted by Gasteiger charge is 2.28. The van der Waals surface area contributed by atoms with Gasteiger partial charge < -0.3 is 19.7 Å². The fraction of sp³-hybridized carbons (Fsp3) is 0.286. The third-order valence-electron chi connectivity index (χ3n) is 6.09. The predicted molar refractivity (Wildman–Crippen MR) is 132 cm³/mol. The van der Waals surface area contributed by atoms with Crippen LogP contribution in [0, 0.1) is 0 Å². The summed E-state index contributed by atoms with van der Waals surface area (Å²) in [5, 5.41) is 3.05. The van der Waals surface area contributed by atoms with Gasteiger partial charge >= 0.3 is 0 Å². The van der Waals surface area contributed by atoms with Gasteiger partial charge in [-0.1, -0.05) is 49.4 Å². The Bertz CT molecular complexity index is 1160. The van der Waals surface area contributed by atoms with Crippen molar-refractivity contribution in [1.82, 2.24) is 4.90 Å². The van der Waals surface area contributed by atoms with Gasteiger partial charge in [-0.3, -0.25) is 9.59 Å². The number of benzene rings is 3. The molecule has 4 rings (SSSR count). The summed E-state index contributed by atoms with van der Waals surface area (Å²) >= 11 is 0. The van der Waals surface area contributed by atoms with Crippen LogP contribution in [-0.2, 0) is 22.7 Å². The summed E-state index contributed by atoms with van der Waals surface area (Å²) in [5.74, 6) is 1.03. The van der Waals surface area contributed by atoms with Gasteiger partial charge in [-0.25, -0.2) is 0 Å². The number of hydrogen-bond donors (Lipinski definition) is 1. The average molecular weight is 459 g/mol. The Labute approximate surface area is 200 Å². The summed E-state index contributed by atoms with van der Waals surface area (Å²) in [6.07, 6.45) is 0.0967. The molecule has 2 amide bonds. The lowest BCUT2D eigenvalue weighted by molar-refractivity contribution is -0.138. The van der Waals surface area contributed by atoms with Crippen LogP contribution in [0.15, 0.2) is 72.8 Å². The fourth-order valence-corrected chi connectivity index (χ4v) is 4.29. The summed E-state index contributed by atoms with van der Waals surface area (Å²) in [4.78, 5) is 27.8. The second-order valence-corrected chi connectivity index (χ2v) is 8.49. The second kappa shape index (κ2) is 10.4. The summed E-state index contributed by atoms with van der Waals surface area (Å²) in [6, 6.07) is 23.0. The van der Waals surface area contributed by atoms with E-state index in [1.807, 2.05) is 79.7 Å². The van der Waals surface area contributed by atoms with Crippen LogP contribution in [0.1, 0.15) is 42.9 Å². The molecule has 0 spiro atoms. The Balaban J connectivity index is 1.55. The predicted octanol–water partition coefficient (Wildman–Crippen LogP) is 5.14. The number of anilines is 1. The molecule has 0 aliphatic carbocycles. The summed E-state index contributed by atoms with van der Waals surface area (Å²) in [5.41, 5.74) is 3.50. The van der Waals surface area contributed by atoms with Gasteiger partial charge in [-0.2, -0.15) is 0 Å². The Morgan fingerprint density at radius 3 is 2.65 bits per heavy atom. The first kappa shape index (κ1) is 23.4. The second-order valence-electron chi connectivity index (χ2n) is 8.49. The molecule has 0 bridgehead atoms. The molecule has 6 heteroatoms. The summed E-state index contributed by atoms with van der Waals surface area (Å²) < 4.78 is 11.3. The Hall–Kier alpha value is -3.80. The average Bonchev–Trinajstić information content (AvgIpc) is 2.96. The molecule has 0 unspecified atom stereocenters. The van der Waals surface area contributed by atoms with E-state index in [9.17, 15) is 9.59 Å². The fourth-order valence-electron chi connectivity index (χ4n) is 4.29. The Kier molecular flexibility index (Phi) is 7.16. The standard InChI is InChI=1S/C28H30N2O4/c1-4-25(21-10-6-5-7-11-21)27(31)29-23-13-14-26-22(16-23)18-30(28(32)19(2)34-26)17-20-9-8-12-24(15-20)33-3/h5-16,19,25H,4,17-18H2,1-3H3,(H,29,31)/t19-,25-/m1/s1. The summed E-state index contributed by atoms with van der Waals surface area (Å²) in [7, 11) is 1.62. The van der Waals surface area contributed by atoms with Gasteiger partial charge in [0.1, 0.15) is 11.5 Å². The number of amides is 2. The van der Waals surface area contributed by atoms with Crippen molar-refractivity contribution in [1.29, 1.82) is 0 Å². The maximum Gasteiger partial charge on any atom is 0.263 e. The van der Waals surface area contributed by atoms with E-state index in [1.165, 1.54) is 0 Å². The minimum atomic E-state index is -0.602. The smallest absolute Gasteiger partial charge is 0.263 e. The minimum Gasteiger partial charge on any atom is -0.497 e. The summed E-state index contributed by atoms with van der Waals surface area (Å²) in [6.45, 7) is 4.59. The molecule has 1 N–H and O–H groups in total. The molecule has 3 aromatic rings.